The van der Waals surface area contributed by atoms with E-state index >= 15 is 0 Å². The molecular weight excluding hydrogens is 209 g/mol. The van der Waals surface area contributed by atoms with Crippen LogP contribution >= 0.6 is 0 Å². The Bertz CT molecular complexity index is 575. The van der Waals surface area contributed by atoms with Gasteiger partial charge in [-0.3, -0.25) is 0 Å². The van der Waals surface area contributed by atoms with E-state index in [0.29, 0.717) is 16.5 Å². The molecule has 0 bridgehead atoms. The van der Waals surface area contributed by atoms with Crippen molar-refractivity contribution >= 4 is 16.7 Å². The molecule has 0 saturated heterocycles. The topological polar surface area (TPSA) is 33.5 Å². The summed E-state index contributed by atoms with van der Waals surface area (Å²) in [5.74, 6) is 0. The molecule has 0 aliphatic rings. The highest BCUT2D eigenvalue weighted by Gasteiger charge is 2.06. The molecule has 1 aromatic carbocycles. The Morgan fingerprint density at radius 2 is 2.06 bits per heavy atom. The van der Waals surface area contributed by atoms with E-state index < -0.39 is 12.3 Å². The second-order valence-corrected chi connectivity index (χ2v) is 3.80. The molecular formula is C12H12FNO2. The van der Waals surface area contributed by atoms with Crippen LogP contribution in [0.25, 0.3) is 11.0 Å². The van der Waals surface area contributed by atoms with Crippen LogP contribution in [0.2, 0.25) is 0 Å². The van der Waals surface area contributed by atoms with Crippen molar-refractivity contribution in [2.24, 2.45) is 0 Å². The second-order valence-electron chi connectivity index (χ2n) is 3.80. The summed E-state index contributed by atoms with van der Waals surface area (Å²) in [5.41, 5.74) is 1.19. The lowest BCUT2D eigenvalue weighted by molar-refractivity contribution is 0.481. The fourth-order valence-corrected chi connectivity index (χ4v) is 1.61. The van der Waals surface area contributed by atoms with Crippen LogP contribution in [0.3, 0.4) is 0 Å². The van der Waals surface area contributed by atoms with Gasteiger partial charge < -0.3 is 9.32 Å². The summed E-state index contributed by atoms with van der Waals surface area (Å²) in [6, 6.07) is 6.55. The van der Waals surface area contributed by atoms with E-state index in [1.807, 2.05) is 25.1 Å². The predicted octanol–water partition coefficient (Wildman–Crippen LogP) is 2.33. The van der Waals surface area contributed by atoms with Crippen molar-refractivity contribution < 1.29 is 8.81 Å². The first kappa shape index (κ1) is 10.7. The molecule has 4 heteroatoms. The van der Waals surface area contributed by atoms with E-state index in [1.54, 1.807) is 12.1 Å². The van der Waals surface area contributed by atoms with Crippen LogP contribution < -0.4 is 10.5 Å². The number of hydrogen-bond donors (Lipinski definition) is 0. The molecule has 3 nitrogen and oxygen atoms in total. The Labute approximate surface area is 92.1 Å². The van der Waals surface area contributed by atoms with Gasteiger partial charge in [0.15, 0.2) is 0 Å². The molecule has 2 rings (SSSR count). The second kappa shape index (κ2) is 3.96. The Morgan fingerprint density at radius 1 is 1.31 bits per heavy atom. The summed E-state index contributed by atoms with van der Waals surface area (Å²) in [5, 5.41) is 0.646. The van der Waals surface area contributed by atoms with Crippen LogP contribution in [-0.2, 0) is 6.67 Å². The monoisotopic (exact) mass is 221 g/mol. The molecule has 1 heterocycles. The molecule has 84 valence electrons. The first-order chi connectivity index (χ1) is 7.61. The molecule has 0 radical (unpaired) electrons. The summed E-state index contributed by atoms with van der Waals surface area (Å²) < 4.78 is 17.7. The van der Waals surface area contributed by atoms with Crippen molar-refractivity contribution in [2.75, 3.05) is 19.0 Å². The van der Waals surface area contributed by atoms with Gasteiger partial charge >= 0.3 is 5.63 Å². The third-order valence-corrected chi connectivity index (χ3v) is 2.47. The first-order valence-electron chi connectivity index (χ1n) is 4.92. The molecule has 0 amide bonds. The standard InChI is InChI=1S/C12H12FNO2/c1-14(2)9-3-4-10-8(7-13)5-12(15)16-11(10)6-9/h3-6H,7H2,1-2H3. The van der Waals surface area contributed by atoms with Gasteiger partial charge in [0, 0.05) is 42.9 Å². The summed E-state index contributed by atoms with van der Waals surface area (Å²) in [4.78, 5) is 13.1. The van der Waals surface area contributed by atoms with Gasteiger partial charge in [0.2, 0.25) is 0 Å². The highest BCUT2D eigenvalue weighted by molar-refractivity contribution is 5.83. The quantitative estimate of drug-likeness (QED) is 0.730. The average molecular weight is 221 g/mol. The van der Waals surface area contributed by atoms with Gasteiger partial charge in [-0.15, -0.1) is 0 Å². The number of nitrogens with zero attached hydrogens (tertiary/aromatic N) is 1. The van der Waals surface area contributed by atoms with E-state index in [4.69, 9.17) is 4.42 Å². The van der Waals surface area contributed by atoms with Gasteiger partial charge in [0.25, 0.3) is 0 Å². The van der Waals surface area contributed by atoms with E-state index in [0.717, 1.165) is 5.69 Å². The molecule has 16 heavy (non-hydrogen) atoms. The van der Waals surface area contributed by atoms with Gasteiger partial charge in [-0.25, -0.2) is 9.18 Å². The largest absolute Gasteiger partial charge is 0.423 e. The van der Waals surface area contributed by atoms with Crippen molar-refractivity contribution in [3.63, 3.8) is 0 Å². The number of rotatable bonds is 2. The fourth-order valence-electron chi connectivity index (χ4n) is 1.61. The minimum absolute atomic E-state index is 0.372. The van der Waals surface area contributed by atoms with E-state index in [-0.39, 0.29) is 0 Å². The smallest absolute Gasteiger partial charge is 0.336 e. The van der Waals surface area contributed by atoms with Crippen molar-refractivity contribution in [3.8, 4) is 0 Å². The predicted molar refractivity (Wildman–Crippen MR) is 61.6 cm³/mol. The zero-order valence-corrected chi connectivity index (χ0v) is 9.16. The van der Waals surface area contributed by atoms with Crippen LogP contribution in [-0.4, -0.2) is 14.1 Å². The van der Waals surface area contributed by atoms with Gasteiger partial charge in [-0.2, -0.15) is 0 Å². The fraction of sp³-hybridized carbons (Fsp3) is 0.250. The normalized spacial score (nSPS) is 10.7. The lowest BCUT2D eigenvalue weighted by atomic mass is 10.1. The number of alkyl halides is 1. The van der Waals surface area contributed by atoms with Crippen molar-refractivity contribution in [1.82, 2.24) is 0 Å². The summed E-state index contributed by atoms with van der Waals surface area (Å²) in [7, 11) is 3.77. The molecule has 0 fully saturated rings. The van der Waals surface area contributed by atoms with Gasteiger partial charge in [-0.1, -0.05) is 0 Å². The highest BCUT2D eigenvalue weighted by atomic mass is 19.1. The Hall–Kier alpha value is -1.84. The minimum atomic E-state index is -0.663. The molecule has 0 aliphatic heterocycles. The van der Waals surface area contributed by atoms with Crippen LogP contribution in [0.5, 0.6) is 0 Å². The van der Waals surface area contributed by atoms with Crippen molar-refractivity contribution in [2.45, 2.75) is 6.67 Å². The summed E-state index contributed by atoms with van der Waals surface area (Å²) in [6.07, 6.45) is 0. The number of halogens is 1. The van der Waals surface area contributed by atoms with Gasteiger partial charge in [-0.05, 0) is 12.1 Å². The number of anilines is 1. The summed E-state index contributed by atoms with van der Waals surface area (Å²) >= 11 is 0. The molecule has 0 saturated carbocycles. The molecule has 2 aromatic rings. The zero-order chi connectivity index (χ0) is 11.7. The Kier molecular flexibility index (Phi) is 2.64. The molecule has 1 aromatic heterocycles. The molecule has 0 atom stereocenters. The summed E-state index contributed by atoms with van der Waals surface area (Å²) in [6.45, 7) is -0.663. The molecule has 0 N–H and O–H groups in total. The van der Waals surface area contributed by atoms with E-state index in [2.05, 4.69) is 0 Å². The maximum absolute atomic E-state index is 12.7. The lowest BCUT2D eigenvalue weighted by Gasteiger charge is -2.12. The third kappa shape index (κ3) is 1.78. The number of fused-ring (bicyclic) bond motifs is 1. The Morgan fingerprint density at radius 3 is 2.69 bits per heavy atom. The van der Waals surface area contributed by atoms with E-state index in [9.17, 15) is 9.18 Å². The van der Waals surface area contributed by atoms with Gasteiger partial charge in [0.1, 0.15) is 12.3 Å². The van der Waals surface area contributed by atoms with E-state index in [1.165, 1.54) is 6.07 Å². The maximum atomic E-state index is 12.7. The average Bonchev–Trinajstić information content (AvgIpc) is 2.26. The van der Waals surface area contributed by atoms with Crippen molar-refractivity contribution in [3.05, 3.63) is 40.2 Å². The Balaban J connectivity index is 2.74. The van der Waals surface area contributed by atoms with Gasteiger partial charge in [0.05, 0.1) is 0 Å². The molecule has 0 unspecified atom stereocenters. The molecule has 0 aliphatic carbocycles. The SMILES string of the molecule is CN(C)c1ccc2c(CF)cc(=O)oc2c1. The maximum Gasteiger partial charge on any atom is 0.336 e. The first-order valence-corrected chi connectivity index (χ1v) is 4.92. The van der Waals surface area contributed by atoms with Crippen LogP contribution in [0, 0.1) is 0 Å². The highest BCUT2D eigenvalue weighted by Crippen LogP contribution is 2.22. The van der Waals surface area contributed by atoms with Crippen LogP contribution in [0.15, 0.2) is 33.5 Å². The minimum Gasteiger partial charge on any atom is -0.423 e. The number of hydrogen-bond acceptors (Lipinski definition) is 3. The zero-order valence-electron chi connectivity index (χ0n) is 9.16. The lowest BCUT2D eigenvalue weighted by Crippen LogP contribution is -2.08. The molecule has 0 spiro atoms. The third-order valence-electron chi connectivity index (χ3n) is 2.47. The van der Waals surface area contributed by atoms with Crippen molar-refractivity contribution in [1.29, 1.82) is 0 Å². The van der Waals surface area contributed by atoms with Crippen LogP contribution in [0.4, 0.5) is 10.1 Å². The van der Waals surface area contributed by atoms with Crippen LogP contribution in [0.1, 0.15) is 5.56 Å². The number of benzene rings is 1.